The highest BCUT2D eigenvalue weighted by Gasteiger charge is 2.28. The van der Waals surface area contributed by atoms with Crippen molar-refractivity contribution in [3.8, 4) is 0 Å². The summed E-state index contributed by atoms with van der Waals surface area (Å²) >= 11 is 0. The van der Waals surface area contributed by atoms with Crippen LogP contribution in [0.25, 0.3) is 0 Å². The average Bonchev–Trinajstić information content (AvgIpc) is 2.28. The first-order valence-corrected chi connectivity index (χ1v) is 5.55. The lowest BCUT2D eigenvalue weighted by Gasteiger charge is -2.25. The highest BCUT2D eigenvalue weighted by molar-refractivity contribution is 6.69. The summed E-state index contributed by atoms with van der Waals surface area (Å²) in [5.74, 6) is 0. The molecule has 90 valence electrons. The fourth-order valence-corrected chi connectivity index (χ4v) is 1.75. The van der Waals surface area contributed by atoms with Crippen molar-refractivity contribution in [1.82, 2.24) is 0 Å². The lowest BCUT2D eigenvalue weighted by Crippen LogP contribution is -2.43. The summed E-state index contributed by atoms with van der Waals surface area (Å²) in [6.45, 7) is 6.25. The van der Waals surface area contributed by atoms with Gasteiger partial charge in [0.15, 0.2) is 0 Å². The second-order valence-corrected chi connectivity index (χ2v) is 4.76. The molecule has 0 amide bonds. The highest BCUT2D eigenvalue weighted by Crippen LogP contribution is 2.20. The Bertz CT molecular complexity index is 348. The van der Waals surface area contributed by atoms with Crippen molar-refractivity contribution >= 4 is 28.0 Å². The Labute approximate surface area is 104 Å². The lowest BCUT2D eigenvalue weighted by atomic mass is 9.68. The third-order valence-corrected chi connectivity index (χ3v) is 2.47. The van der Waals surface area contributed by atoms with Crippen molar-refractivity contribution < 1.29 is 19.2 Å². The molecule has 17 heavy (non-hydrogen) atoms. The lowest BCUT2D eigenvalue weighted by molar-refractivity contribution is 0.375. The minimum atomic E-state index is -0.750. The summed E-state index contributed by atoms with van der Waals surface area (Å²) in [4.78, 5) is 0. The quantitative estimate of drug-likeness (QED) is 0.656. The standard InChI is InChI=1S/C10H17B3O4/c1-10(2,3)8-6-4-5-7-9(8)13(16-11-14)17-12-15/h4-7,11-12,14-15H,1-3H3. The van der Waals surface area contributed by atoms with Crippen LogP contribution < -0.4 is 5.46 Å². The predicted octanol–water partition coefficient (Wildman–Crippen LogP) is -0.770. The van der Waals surface area contributed by atoms with Gasteiger partial charge in [-0.2, -0.15) is 0 Å². The summed E-state index contributed by atoms with van der Waals surface area (Å²) < 4.78 is 10.2. The average molecular weight is 234 g/mol. The largest absolute Gasteiger partial charge is 0.466 e. The molecule has 0 aliphatic heterocycles. The van der Waals surface area contributed by atoms with Gasteiger partial charge in [-0.15, -0.1) is 0 Å². The molecule has 0 bridgehead atoms. The Morgan fingerprint density at radius 1 is 1.06 bits per heavy atom. The van der Waals surface area contributed by atoms with Crippen LogP contribution in [0.3, 0.4) is 0 Å². The third kappa shape index (κ3) is 3.89. The van der Waals surface area contributed by atoms with Crippen LogP contribution in [0.2, 0.25) is 0 Å². The molecule has 1 aromatic rings. The van der Waals surface area contributed by atoms with Gasteiger partial charge >= 0.3 is 22.5 Å². The van der Waals surface area contributed by atoms with Crippen molar-refractivity contribution in [2.24, 2.45) is 0 Å². The van der Waals surface area contributed by atoms with Gasteiger partial charge in [0.25, 0.3) is 0 Å². The molecule has 0 radical (unpaired) electrons. The van der Waals surface area contributed by atoms with Gasteiger partial charge < -0.3 is 19.2 Å². The van der Waals surface area contributed by atoms with Crippen LogP contribution in [0.5, 0.6) is 0 Å². The van der Waals surface area contributed by atoms with E-state index >= 15 is 0 Å². The van der Waals surface area contributed by atoms with Gasteiger partial charge in [-0.1, -0.05) is 45.0 Å². The van der Waals surface area contributed by atoms with Crippen LogP contribution in [-0.4, -0.2) is 32.5 Å². The molecule has 2 N–H and O–H groups in total. The highest BCUT2D eigenvalue weighted by atomic mass is 16.6. The van der Waals surface area contributed by atoms with E-state index in [0.29, 0.717) is 0 Å². The summed E-state index contributed by atoms with van der Waals surface area (Å²) in [5, 5.41) is 17.7. The molecule has 0 spiro atoms. The summed E-state index contributed by atoms with van der Waals surface area (Å²) in [5.41, 5.74) is 1.82. The van der Waals surface area contributed by atoms with Crippen molar-refractivity contribution in [1.29, 1.82) is 0 Å². The van der Waals surface area contributed by atoms with E-state index in [9.17, 15) is 0 Å². The molecule has 0 aromatic heterocycles. The number of hydrogen-bond acceptors (Lipinski definition) is 4. The molecular weight excluding hydrogens is 217 g/mol. The van der Waals surface area contributed by atoms with E-state index in [1.165, 1.54) is 0 Å². The second kappa shape index (κ2) is 6.26. The fourth-order valence-electron chi connectivity index (χ4n) is 1.75. The maximum atomic E-state index is 8.83. The van der Waals surface area contributed by atoms with Gasteiger partial charge in [-0.25, -0.2) is 0 Å². The van der Waals surface area contributed by atoms with E-state index in [4.69, 9.17) is 19.2 Å². The summed E-state index contributed by atoms with van der Waals surface area (Å²) in [6, 6.07) is 7.68. The zero-order valence-corrected chi connectivity index (χ0v) is 10.5. The van der Waals surface area contributed by atoms with Gasteiger partial charge in [0.2, 0.25) is 0 Å². The predicted molar refractivity (Wildman–Crippen MR) is 71.4 cm³/mol. The number of rotatable bonds is 5. The normalized spacial score (nSPS) is 11.1. The first-order valence-electron chi connectivity index (χ1n) is 5.55. The van der Waals surface area contributed by atoms with Gasteiger partial charge in [-0.3, -0.25) is 0 Å². The molecule has 0 unspecified atom stereocenters. The smallest absolute Gasteiger partial charge is 0.451 e. The molecule has 0 saturated carbocycles. The Morgan fingerprint density at radius 3 is 2.06 bits per heavy atom. The summed E-state index contributed by atoms with van der Waals surface area (Å²) in [6.07, 6.45) is 0. The Balaban J connectivity index is 3.09. The van der Waals surface area contributed by atoms with Gasteiger partial charge in [0.05, 0.1) is 0 Å². The van der Waals surface area contributed by atoms with Gasteiger partial charge in [0, 0.05) is 0 Å². The van der Waals surface area contributed by atoms with Crippen molar-refractivity contribution in [3.63, 3.8) is 0 Å². The van der Waals surface area contributed by atoms with Crippen LogP contribution in [0.1, 0.15) is 26.3 Å². The van der Waals surface area contributed by atoms with Gasteiger partial charge in [0.1, 0.15) is 0 Å². The van der Waals surface area contributed by atoms with Crippen LogP contribution in [0, 0.1) is 0 Å². The minimum Gasteiger partial charge on any atom is -0.451 e. The van der Waals surface area contributed by atoms with E-state index in [2.05, 4.69) is 20.8 Å². The zero-order chi connectivity index (χ0) is 12.9. The van der Waals surface area contributed by atoms with E-state index in [1.54, 1.807) is 0 Å². The molecular formula is C10H17B3O4. The SMILES string of the molecule is CC(C)(C)c1ccccc1B(OBO)OBO. The molecule has 0 heterocycles. The van der Waals surface area contributed by atoms with Crippen LogP contribution in [0.4, 0.5) is 0 Å². The zero-order valence-electron chi connectivity index (χ0n) is 10.5. The van der Waals surface area contributed by atoms with Crippen molar-refractivity contribution in [2.75, 3.05) is 0 Å². The molecule has 7 heteroatoms. The molecule has 0 atom stereocenters. The molecule has 0 fully saturated rings. The van der Waals surface area contributed by atoms with Crippen LogP contribution >= 0.6 is 0 Å². The molecule has 0 aliphatic carbocycles. The summed E-state index contributed by atoms with van der Waals surface area (Å²) in [7, 11) is -1.66. The van der Waals surface area contributed by atoms with Crippen molar-refractivity contribution in [3.05, 3.63) is 29.8 Å². The first-order chi connectivity index (χ1) is 8.00. The maximum absolute atomic E-state index is 8.83. The van der Waals surface area contributed by atoms with E-state index in [0.717, 1.165) is 11.0 Å². The molecule has 1 rings (SSSR count). The Morgan fingerprint density at radius 2 is 1.59 bits per heavy atom. The Hall–Kier alpha value is -0.745. The maximum Gasteiger partial charge on any atom is 0.466 e. The minimum absolute atomic E-state index is 0.0630. The van der Waals surface area contributed by atoms with Gasteiger partial charge in [-0.05, 0) is 16.4 Å². The molecule has 4 nitrogen and oxygen atoms in total. The molecule has 0 aliphatic rings. The monoisotopic (exact) mass is 234 g/mol. The van der Waals surface area contributed by atoms with E-state index in [1.807, 2.05) is 24.3 Å². The van der Waals surface area contributed by atoms with E-state index < -0.39 is 22.5 Å². The number of hydrogen-bond donors (Lipinski definition) is 2. The third-order valence-electron chi connectivity index (χ3n) is 2.47. The Kier molecular flexibility index (Phi) is 5.27. The van der Waals surface area contributed by atoms with Crippen LogP contribution in [-0.2, 0) is 14.6 Å². The van der Waals surface area contributed by atoms with Crippen LogP contribution in [0.15, 0.2) is 24.3 Å². The number of benzene rings is 1. The molecule has 1 aromatic carbocycles. The van der Waals surface area contributed by atoms with Crippen molar-refractivity contribution in [2.45, 2.75) is 26.2 Å². The molecule has 0 saturated heterocycles. The second-order valence-electron chi connectivity index (χ2n) is 4.76. The topological polar surface area (TPSA) is 58.9 Å². The fraction of sp³-hybridized carbons (Fsp3) is 0.400. The van der Waals surface area contributed by atoms with E-state index in [-0.39, 0.29) is 5.41 Å². The first kappa shape index (κ1) is 14.3.